The lowest BCUT2D eigenvalue weighted by atomic mass is 10.1. The molecule has 188 valence electrons. The van der Waals surface area contributed by atoms with Gasteiger partial charge in [0.25, 0.3) is 5.91 Å². The molecule has 2 heterocycles. The van der Waals surface area contributed by atoms with Crippen molar-refractivity contribution in [1.82, 2.24) is 20.4 Å². The van der Waals surface area contributed by atoms with Crippen LogP contribution < -0.4 is 10.2 Å². The Morgan fingerprint density at radius 3 is 2.44 bits per heavy atom. The minimum atomic E-state index is -0.274. The summed E-state index contributed by atoms with van der Waals surface area (Å²) in [4.78, 5) is 34.0. The first kappa shape index (κ1) is 24.0. The fourth-order valence-corrected chi connectivity index (χ4v) is 5.11. The van der Waals surface area contributed by atoms with Crippen molar-refractivity contribution in [2.24, 2.45) is 0 Å². The molecular formula is C28H33N5O3. The standard InChI is InChI=1S/C28H33N5O3/c1-19-6-5-9-24(20(19)2)32-14-16-33(17-15-32)25(34)18-29-27(35)22-12-10-21(11-13-22)26-30-28(36-31-26)23-7-3-4-8-23/h5-6,9-13,23H,3-4,7-8,14-18H2,1-2H3,(H,29,35). The minimum absolute atomic E-state index is 0.0142. The van der Waals surface area contributed by atoms with E-state index in [1.165, 1.54) is 29.7 Å². The zero-order chi connectivity index (χ0) is 25.1. The van der Waals surface area contributed by atoms with Gasteiger partial charge in [0, 0.05) is 48.9 Å². The van der Waals surface area contributed by atoms with Gasteiger partial charge in [-0.15, -0.1) is 0 Å². The number of hydrogen-bond acceptors (Lipinski definition) is 6. The van der Waals surface area contributed by atoms with Crippen molar-refractivity contribution in [1.29, 1.82) is 0 Å². The van der Waals surface area contributed by atoms with Gasteiger partial charge in [-0.05, 0) is 56.0 Å². The average Bonchev–Trinajstić information content (AvgIpc) is 3.61. The number of anilines is 1. The minimum Gasteiger partial charge on any atom is -0.368 e. The van der Waals surface area contributed by atoms with Gasteiger partial charge in [-0.25, -0.2) is 0 Å². The molecule has 36 heavy (non-hydrogen) atoms. The fraction of sp³-hybridized carbons (Fsp3) is 0.429. The molecule has 0 bridgehead atoms. The topological polar surface area (TPSA) is 91.6 Å². The first-order chi connectivity index (χ1) is 17.5. The molecule has 2 aromatic carbocycles. The fourth-order valence-electron chi connectivity index (χ4n) is 5.11. The molecule has 1 N–H and O–H groups in total. The summed E-state index contributed by atoms with van der Waals surface area (Å²) < 4.78 is 5.46. The Balaban J connectivity index is 1.11. The highest BCUT2D eigenvalue weighted by molar-refractivity contribution is 5.96. The number of carbonyl (C=O) groups excluding carboxylic acids is 2. The van der Waals surface area contributed by atoms with E-state index in [0.717, 1.165) is 31.5 Å². The highest BCUT2D eigenvalue weighted by Crippen LogP contribution is 2.33. The van der Waals surface area contributed by atoms with E-state index in [1.807, 2.05) is 17.0 Å². The van der Waals surface area contributed by atoms with Crippen LogP contribution in [-0.4, -0.2) is 59.6 Å². The average molecular weight is 488 g/mol. The van der Waals surface area contributed by atoms with Crippen LogP contribution in [0, 0.1) is 13.8 Å². The molecule has 0 radical (unpaired) electrons. The summed E-state index contributed by atoms with van der Waals surface area (Å²) in [5.74, 6) is 1.27. The predicted octanol–water partition coefficient (Wildman–Crippen LogP) is 4.09. The van der Waals surface area contributed by atoms with Crippen LogP contribution in [0.15, 0.2) is 47.0 Å². The van der Waals surface area contributed by atoms with Gasteiger partial charge >= 0.3 is 0 Å². The van der Waals surface area contributed by atoms with E-state index in [-0.39, 0.29) is 18.4 Å². The van der Waals surface area contributed by atoms with E-state index < -0.39 is 0 Å². The van der Waals surface area contributed by atoms with E-state index in [9.17, 15) is 9.59 Å². The molecule has 0 spiro atoms. The van der Waals surface area contributed by atoms with Crippen LogP contribution in [0.2, 0.25) is 0 Å². The quantitative estimate of drug-likeness (QED) is 0.563. The number of hydrogen-bond donors (Lipinski definition) is 1. The second-order valence-corrected chi connectivity index (χ2v) is 9.78. The number of aromatic nitrogens is 2. The van der Waals surface area contributed by atoms with Crippen molar-refractivity contribution in [2.45, 2.75) is 45.4 Å². The van der Waals surface area contributed by atoms with Gasteiger partial charge in [-0.1, -0.05) is 42.3 Å². The molecule has 0 atom stereocenters. The number of nitrogens with one attached hydrogen (secondary N) is 1. The molecule has 1 aliphatic carbocycles. The lowest BCUT2D eigenvalue weighted by Crippen LogP contribution is -2.51. The van der Waals surface area contributed by atoms with Crippen molar-refractivity contribution in [2.75, 3.05) is 37.6 Å². The van der Waals surface area contributed by atoms with Crippen LogP contribution >= 0.6 is 0 Å². The first-order valence-electron chi connectivity index (χ1n) is 12.8. The van der Waals surface area contributed by atoms with Gasteiger partial charge in [-0.2, -0.15) is 4.98 Å². The molecule has 1 saturated heterocycles. The van der Waals surface area contributed by atoms with Crippen molar-refractivity contribution in [3.8, 4) is 11.4 Å². The summed E-state index contributed by atoms with van der Waals surface area (Å²) in [7, 11) is 0. The van der Waals surface area contributed by atoms with Crippen LogP contribution in [0.1, 0.15) is 59.0 Å². The summed E-state index contributed by atoms with van der Waals surface area (Å²) >= 11 is 0. The third-order valence-electron chi connectivity index (χ3n) is 7.50. The summed E-state index contributed by atoms with van der Waals surface area (Å²) in [6.07, 6.45) is 4.61. The number of amides is 2. The van der Waals surface area contributed by atoms with Gasteiger partial charge in [0.15, 0.2) is 0 Å². The first-order valence-corrected chi connectivity index (χ1v) is 12.8. The number of carbonyl (C=O) groups is 2. The summed E-state index contributed by atoms with van der Waals surface area (Å²) in [5.41, 5.74) is 5.08. The van der Waals surface area contributed by atoms with Crippen molar-refractivity contribution in [3.63, 3.8) is 0 Å². The highest BCUT2D eigenvalue weighted by atomic mass is 16.5. The molecular weight excluding hydrogens is 454 g/mol. The third kappa shape index (κ3) is 5.12. The zero-order valence-electron chi connectivity index (χ0n) is 21.0. The largest absolute Gasteiger partial charge is 0.368 e. The second kappa shape index (κ2) is 10.5. The van der Waals surface area contributed by atoms with Crippen molar-refractivity contribution < 1.29 is 14.1 Å². The maximum absolute atomic E-state index is 12.7. The third-order valence-corrected chi connectivity index (χ3v) is 7.50. The second-order valence-electron chi connectivity index (χ2n) is 9.78. The predicted molar refractivity (Wildman–Crippen MR) is 138 cm³/mol. The molecule has 1 aromatic heterocycles. The molecule has 8 nitrogen and oxygen atoms in total. The molecule has 1 aliphatic heterocycles. The zero-order valence-corrected chi connectivity index (χ0v) is 21.0. The lowest BCUT2D eigenvalue weighted by Gasteiger charge is -2.37. The van der Waals surface area contributed by atoms with E-state index in [4.69, 9.17) is 4.52 Å². The number of aryl methyl sites for hydroxylation is 1. The lowest BCUT2D eigenvalue weighted by molar-refractivity contribution is -0.130. The molecule has 0 unspecified atom stereocenters. The maximum atomic E-state index is 12.7. The van der Waals surface area contributed by atoms with Gasteiger partial charge < -0.3 is 19.6 Å². The smallest absolute Gasteiger partial charge is 0.251 e. The molecule has 8 heteroatoms. The SMILES string of the molecule is Cc1cccc(N2CCN(C(=O)CNC(=O)c3ccc(-c4noc(C5CCCC5)n4)cc3)CC2)c1C. The highest BCUT2D eigenvalue weighted by Gasteiger charge is 2.24. The Labute approximate surface area is 211 Å². The number of rotatable bonds is 6. The summed E-state index contributed by atoms with van der Waals surface area (Å²) in [5, 5.41) is 6.87. The maximum Gasteiger partial charge on any atom is 0.251 e. The van der Waals surface area contributed by atoms with Crippen molar-refractivity contribution in [3.05, 3.63) is 65.0 Å². The van der Waals surface area contributed by atoms with E-state index in [2.05, 4.69) is 52.4 Å². The summed E-state index contributed by atoms with van der Waals surface area (Å²) in [6.45, 7) is 7.09. The van der Waals surface area contributed by atoms with Crippen LogP contribution in [0.4, 0.5) is 5.69 Å². The molecule has 5 rings (SSSR count). The normalized spacial score (nSPS) is 16.4. The number of piperazine rings is 1. The van der Waals surface area contributed by atoms with E-state index >= 15 is 0 Å². The van der Waals surface area contributed by atoms with Gasteiger partial charge in [0.05, 0.1) is 6.54 Å². The van der Waals surface area contributed by atoms with Crippen molar-refractivity contribution >= 4 is 17.5 Å². The van der Waals surface area contributed by atoms with Crippen LogP contribution in [-0.2, 0) is 4.79 Å². The van der Waals surface area contributed by atoms with Crippen LogP contribution in [0.5, 0.6) is 0 Å². The van der Waals surface area contributed by atoms with Crippen LogP contribution in [0.3, 0.4) is 0 Å². The van der Waals surface area contributed by atoms with E-state index in [1.54, 1.807) is 12.1 Å². The molecule has 2 aliphatic rings. The number of nitrogens with zero attached hydrogens (tertiary/aromatic N) is 4. The van der Waals surface area contributed by atoms with E-state index in [0.29, 0.717) is 36.3 Å². The molecule has 1 saturated carbocycles. The number of benzene rings is 2. The Kier molecular flexibility index (Phi) is 7.02. The summed E-state index contributed by atoms with van der Waals surface area (Å²) in [6, 6.07) is 13.4. The molecule has 2 fully saturated rings. The Morgan fingerprint density at radius 1 is 1.00 bits per heavy atom. The van der Waals surface area contributed by atoms with Gasteiger partial charge in [0.2, 0.25) is 17.6 Å². The monoisotopic (exact) mass is 487 g/mol. The molecule has 2 amide bonds. The van der Waals surface area contributed by atoms with Crippen LogP contribution in [0.25, 0.3) is 11.4 Å². The Morgan fingerprint density at radius 2 is 1.72 bits per heavy atom. The molecule has 3 aromatic rings. The Hall–Kier alpha value is -3.68. The van der Waals surface area contributed by atoms with Gasteiger partial charge in [-0.3, -0.25) is 9.59 Å². The Bertz CT molecular complexity index is 1220. The van der Waals surface area contributed by atoms with Gasteiger partial charge in [0.1, 0.15) is 0 Å².